The molecule has 0 atom stereocenters. The van der Waals surface area contributed by atoms with Gasteiger partial charge >= 0.3 is 6.18 Å². The van der Waals surface area contributed by atoms with Gasteiger partial charge in [-0.15, -0.1) is 23.7 Å². The Hall–Kier alpha value is -1.62. The van der Waals surface area contributed by atoms with Crippen LogP contribution in [0.25, 0.3) is 11.2 Å². The number of aromatic nitrogens is 2. The molecule has 134 valence electrons. The summed E-state index contributed by atoms with van der Waals surface area (Å²) in [4.78, 5) is 20.9. The van der Waals surface area contributed by atoms with Gasteiger partial charge < -0.3 is 10.2 Å². The van der Waals surface area contributed by atoms with E-state index in [2.05, 4.69) is 9.97 Å². The van der Waals surface area contributed by atoms with Crippen molar-refractivity contribution in [2.45, 2.75) is 17.9 Å². The lowest BCUT2D eigenvalue weighted by molar-refractivity contribution is -0.141. The minimum Gasteiger partial charge on any atom is -0.412 e. The Balaban J connectivity index is 0.00000225. The van der Waals surface area contributed by atoms with Crippen molar-refractivity contribution in [2.75, 3.05) is 5.75 Å². The molecule has 3 aromatic rings. The zero-order chi connectivity index (χ0) is 17.3. The smallest absolute Gasteiger partial charge is 0.412 e. The summed E-state index contributed by atoms with van der Waals surface area (Å²) in [7, 11) is 0. The summed E-state index contributed by atoms with van der Waals surface area (Å²) in [6, 6.07) is 5.50. The van der Waals surface area contributed by atoms with Gasteiger partial charge in [0.1, 0.15) is 11.2 Å². The summed E-state index contributed by atoms with van der Waals surface area (Å²) in [5.41, 5.74) is 4.45. The van der Waals surface area contributed by atoms with Gasteiger partial charge in [0.25, 0.3) is 5.22 Å². The molecule has 0 spiro atoms. The first-order chi connectivity index (χ1) is 11.4. The first-order valence-corrected chi connectivity index (χ1v) is 8.46. The maximum Gasteiger partial charge on any atom is 0.433 e. The number of pyridine rings is 1. The maximum atomic E-state index is 12.6. The van der Waals surface area contributed by atoms with Crippen molar-refractivity contribution in [2.24, 2.45) is 5.73 Å². The number of ketones is 1. The number of fused-ring (bicyclic) bond motifs is 1. The van der Waals surface area contributed by atoms with E-state index in [0.29, 0.717) is 11.4 Å². The normalized spacial score (nSPS) is 11.5. The molecule has 0 amide bonds. The second-order valence-electron chi connectivity index (χ2n) is 4.68. The second-order valence-corrected chi connectivity index (χ2v) is 6.78. The Morgan fingerprint density at radius 1 is 1.24 bits per heavy atom. The summed E-state index contributed by atoms with van der Waals surface area (Å²) >= 11 is 2.32. The van der Waals surface area contributed by atoms with Crippen LogP contribution in [-0.2, 0) is 12.7 Å². The van der Waals surface area contributed by atoms with Gasteiger partial charge in [-0.25, -0.2) is 9.97 Å². The molecule has 2 N–H and O–H groups in total. The van der Waals surface area contributed by atoms with Gasteiger partial charge in [-0.1, -0.05) is 11.8 Å². The van der Waals surface area contributed by atoms with Crippen LogP contribution >= 0.6 is 35.5 Å². The summed E-state index contributed by atoms with van der Waals surface area (Å²) in [5, 5.41) is 0.0979. The zero-order valence-electron chi connectivity index (χ0n) is 12.4. The quantitative estimate of drug-likeness (QED) is 0.503. The highest BCUT2D eigenvalue weighted by Crippen LogP contribution is 2.30. The summed E-state index contributed by atoms with van der Waals surface area (Å²) in [5.74, 6) is -0.0698. The number of carbonyl (C=O) groups excluding carboxylic acids is 1. The molecule has 0 aliphatic carbocycles. The lowest BCUT2D eigenvalue weighted by Crippen LogP contribution is -2.07. The predicted octanol–water partition coefficient (Wildman–Crippen LogP) is 4.16. The van der Waals surface area contributed by atoms with Crippen molar-refractivity contribution in [3.8, 4) is 0 Å². The molecule has 0 radical (unpaired) electrons. The van der Waals surface area contributed by atoms with Crippen molar-refractivity contribution in [3.63, 3.8) is 0 Å². The summed E-state index contributed by atoms with van der Waals surface area (Å²) < 4.78 is 43.0. The van der Waals surface area contributed by atoms with Gasteiger partial charge in [-0.3, -0.25) is 4.79 Å². The van der Waals surface area contributed by atoms with Gasteiger partial charge in [0.15, 0.2) is 5.78 Å². The number of oxazole rings is 1. The number of alkyl halides is 3. The molecule has 5 nitrogen and oxygen atoms in total. The number of rotatable bonds is 5. The SMILES string of the molecule is Cl.NCc1ccc(C(=O)CSc2nc3ccc(C(F)(F)F)nc3o2)s1. The Kier molecular flexibility index (Phi) is 6.09. The number of hydrogen-bond acceptors (Lipinski definition) is 7. The fourth-order valence-corrected chi connectivity index (χ4v) is 3.48. The van der Waals surface area contributed by atoms with Crippen molar-refractivity contribution in [1.82, 2.24) is 9.97 Å². The van der Waals surface area contributed by atoms with E-state index in [4.69, 9.17) is 10.2 Å². The van der Waals surface area contributed by atoms with E-state index < -0.39 is 11.9 Å². The third-order valence-corrected chi connectivity index (χ3v) is 4.97. The average Bonchev–Trinajstić information content (AvgIpc) is 3.17. The van der Waals surface area contributed by atoms with Gasteiger partial charge in [-0.2, -0.15) is 13.2 Å². The molecule has 3 rings (SSSR count). The van der Waals surface area contributed by atoms with E-state index in [9.17, 15) is 18.0 Å². The molecule has 3 heterocycles. The number of nitrogens with two attached hydrogens (primary N) is 1. The number of thioether (sulfide) groups is 1. The molecule has 0 aliphatic rings. The molecular weight excluding hydrogens is 399 g/mol. The molecule has 0 bridgehead atoms. The predicted molar refractivity (Wildman–Crippen MR) is 91.3 cm³/mol. The maximum absolute atomic E-state index is 12.6. The summed E-state index contributed by atoms with van der Waals surface area (Å²) in [6.45, 7) is 0.365. The van der Waals surface area contributed by atoms with Crippen LogP contribution in [0.1, 0.15) is 20.2 Å². The van der Waals surface area contributed by atoms with E-state index in [0.717, 1.165) is 22.7 Å². The minimum absolute atomic E-state index is 0. The van der Waals surface area contributed by atoms with Crippen LogP contribution in [-0.4, -0.2) is 21.5 Å². The van der Waals surface area contributed by atoms with Crippen LogP contribution in [0, 0.1) is 0 Å². The third kappa shape index (κ3) is 4.51. The molecule has 0 saturated carbocycles. The Morgan fingerprint density at radius 3 is 2.64 bits per heavy atom. The summed E-state index contributed by atoms with van der Waals surface area (Å²) in [6.07, 6.45) is -4.55. The third-order valence-electron chi connectivity index (χ3n) is 2.99. The van der Waals surface area contributed by atoms with Crippen molar-refractivity contribution in [3.05, 3.63) is 39.7 Å². The first-order valence-electron chi connectivity index (χ1n) is 6.66. The number of halogens is 4. The average molecular weight is 410 g/mol. The molecule has 25 heavy (non-hydrogen) atoms. The molecule has 0 saturated heterocycles. The van der Waals surface area contributed by atoms with Gasteiger partial charge in [0, 0.05) is 11.4 Å². The van der Waals surface area contributed by atoms with Gasteiger partial charge in [-0.05, 0) is 24.3 Å². The van der Waals surface area contributed by atoms with E-state index in [-0.39, 0.29) is 40.4 Å². The number of Topliss-reactive ketones (excluding diaryl/α,β-unsaturated/α-hetero) is 1. The van der Waals surface area contributed by atoms with Crippen molar-refractivity contribution in [1.29, 1.82) is 0 Å². The minimum atomic E-state index is -4.55. The highest BCUT2D eigenvalue weighted by Gasteiger charge is 2.33. The zero-order valence-corrected chi connectivity index (χ0v) is 14.8. The highest BCUT2D eigenvalue weighted by atomic mass is 35.5. The van der Waals surface area contributed by atoms with Crippen LogP contribution in [0.15, 0.2) is 33.9 Å². The molecule has 0 aliphatic heterocycles. The van der Waals surface area contributed by atoms with Crippen LogP contribution in [0.2, 0.25) is 0 Å². The van der Waals surface area contributed by atoms with E-state index in [1.807, 2.05) is 0 Å². The van der Waals surface area contributed by atoms with E-state index >= 15 is 0 Å². The highest BCUT2D eigenvalue weighted by molar-refractivity contribution is 7.99. The molecular formula is C14H11ClF3N3O2S2. The molecule has 11 heteroatoms. The fourth-order valence-electron chi connectivity index (χ4n) is 1.85. The van der Waals surface area contributed by atoms with Crippen LogP contribution in [0.4, 0.5) is 13.2 Å². The van der Waals surface area contributed by atoms with Crippen LogP contribution < -0.4 is 5.73 Å². The molecule has 0 fully saturated rings. The van der Waals surface area contributed by atoms with Crippen molar-refractivity contribution < 1.29 is 22.4 Å². The Morgan fingerprint density at radius 2 is 2.00 bits per heavy atom. The van der Waals surface area contributed by atoms with Crippen LogP contribution in [0.5, 0.6) is 0 Å². The Bertz CT molecular complexity index is 895. The number of thiophene rings is 1. The van der Waals surface area contributed by atoms with Gasteiger partial charge in [0.05, 0.1) is 10.6 Å². The van der Waals surface area contributed by atoms with Crippen molar-refractivity contribution >= 4 is 52.5 Å². The topological polar surface area (TPSA) is 82.0 Å². The molecule has 3 aromatic heterocycles. The number of nitrogens with zero attached hydrogens (tertiary/aromatic N) is 2. The van der Waals surface area contributed by atoms with E-state index in [1.165, 1.54) is 17.4 Å². The largest absolute Gasteiger partial charge is 0.433 e. The lowest BCUT2D eigenvalue weighted by atomic mass is 10.3. The molecule has 0 unspecified atom stereocenters. The van der Waals surface area contributed by atoms with E-state index in [1.54, 1.807) is 12.1 Å². The second kappa shape index (κ2) is 7.73. The standard InChI is InChI=1S/C14H10F3N3O2S2.ClH/c15-14(16,17)11-4-2-8-12(20-11)22-13(19-8)23-6-9(21)10-3-1-7(5-18)24-10;/h1-4H,5-6,18H2;1H. The molecule has 0 aromatic carbocycles. The van der Waals surface area contributed by atoms with Gasteiger partial charge in [0.2, 0.25) is 5.71 Å². The number of hydrogen-bond donors (Lipinski definition) is 1. The first kappa shape index (κ1) is 19.7. The van der Waals surface area contributed by atoms with Crippen LogP contribution in [0.3, 0.4) is 0 Å². The Labute approximate surface area is 154 Å². The lowest BCUT2D eigenvalue weighted by Gasteiger charge is -2.03. The number of carbonyl (C=O) groups is 1. The fraction of sp³-hybridized carbons (Fsp3) is 0.214. The monoisotopic (exact) mass is 409 g/mol.